The van der Waals surface area contributed by atoms with E-state index in [-0.39, 0.29) is 12.2 Å². The first-order chi connectivity index (χ1) is 9.56. The second-order valence-corrected chi connectivity index (χ2v) is 5.30. The molecule has 0 spiro atoms. The van der Waals surface area contributed by atoms with Crippen LogP contribution in [0, 0.1) is 0 Å². The third-order valence-electron chi connectivity index (χ3n) is 2.68. The number of esters is 1. The number of ether oxygens (including phenoxy) is 1. The van der Waals surface area contributed by atoms with Gasteiger partial charge in [-0.05, 0) is 36.8 Å². The Balaban J connectivity index is 2.23. The average Bonchev–Trinajstić information content (AvgIpc) is 2.38. The molecule has 2 aromatic carbocycles. The van der Waals surface area contributed by atoms with Gasteiger partial charge in [-0.1, -0.05) is 40.2 Å². The van der Waals surface area contributed by atoms with E-state index in [2.05, 4.69) is 15.9 Å². The van der Waals surface area contributed by atoms with E-state index in [9.17, 15) is 9.59 Å². The summed E-state index contributed by atoms with van der Waals surface area (Å²) >= 11 is 3.32. The van der Waals surface area contributed by atoms with E-state index in [1.165, 1.54) is 6.92 Å². The van der Waals surface area contributed by atoms with E-state index in [1.807, 2.05) is 6.07 Å². The summed E-state index contributed by atoms with van der Waals surface area (Å²) < 4.78 is 6.16. The molecular weight excluding hydrogens is 320 g/mol. The van der Waals surface area contributed by atoms with Crippen molar-refractivity contribution in [1.29, 1.82) is 0 Å². The number of hydrogen-bond donors (Lipinski definition) is 0. The molecule has 102 valence electrons. The molecule has 0 aliphatic rings. The summed E-state index contributed by atoms with van der Waals surface area (Å²) in [6.45, 7) is 1.50. The number of ketones is 1. The maximum Gasteiger partial charge on any atom is 0.343 e. The second kappa shape index (κ2) is 6.48. The van der Waals surface area contributed by atoms with Crippen molar-refractivity contribution in [1.82, 2.24) is 0 Å². The van der Waals surface area contributed by atoms with E-state index in [1.54, 1.807) is 42.5 Å². The molecule has 0 atom stereocenters. The predicted molar refractivity (Wildman–Crippen MR) is 79.9 cm³/mol. The largest absolute Gasteiger partial charge is 0.423 e. The Labute approximate surface area is 125 Å². The molecule has 0 amide bonds. The van der Waals surface area contributed by atoms with Gasteiger partial charge in [0.25, 0.3) is 0 Å². The Hall–Kier alpha value is -1.94. The molecule has 0 N–H and O–H groups in total. The lowest BCUT2D eigenvalue weighted by Crippen LogP contribution is -2.12. The minimum Gasteiger partial charge on any atom is -0.423 e. The molecule has 0 bridgehead atoms. The first-order valence-corrected chi connectivity index (χ1v) is 6.90. The number of carbonyl (C=O) groups excluding carboxylic acids is 2. The van der Waals surface area contributed by atoms with E-state index in [4.69, 9.17) is 4.74 Å². The molecule has 0 fully saturated rings. The summed E-state index contributed by atoms with van der Waals surface area (Å²) in [6, 6.07) is 14.0. The number of Topliss-reactive ketones (excluding diaryl/α,β-unsaturated/α-hetero) is 1. The topological polar surface area (TPSA) is 43.4 Å². The van der Waals surface area contributed by atoms with Crippen molar-refractivity contribution in [3.8, 4) is 5.75 Å². The first kappa shape index (κ1) is 14.5. The Morgan fingerprint density at radius 2 is 1.85 bits per heavy atom. The standard InChI is InChI=1S/C16H13BrO3/c1-11(18)9-12-5-2-3-8-15(12)16(19)20-14-7-4-6-13(17)10-14/h2-8,10H,9H2,1H3. The molecule has 3 nitrogen and oxygen atoms in total. The van der Waals surface area contributed by atoms with Gasteiger partial charge in [0.05, 0.1) is 5.56 Å². The number of rotatable bonds is 4. The molecule has 0 saturated carbocycles. The van der Waals surface area contributed by atoms with E-state index < -0.39 is 5.97 Å². The van der Waals surface area contributed by atoms with Gasteiger partial charge < -0.3 is 4.74 Å². The van der Waals surface area contributed by atoms with Crippen LogP contribution in [0.4, 0.5) is 0 Å². The van der Waals surface area contributed by atoms with E-state index in [0.29, 0.717) is 16.9 Å². The Morgan fingerprint density at radius 1 is 1.10 bits per heavy atom. The van der Waals surface area contributed by atoms with Crippen LogP contribution in [-0.4, -0.2) is 11.8 Å². The Kier molecular flexibility index (Phi) is 4.69. The Bertz CT molecular complexity index is 650. The highest BCUT2D eigenvalue weighted by molar-refractivity contribution is 9.10. The van der Waals surface area contributed by atoms with Crippen LogP contribution >= 0.6 is 15.9 Å². The Morgan fingerprint density at radius 3 is 2.55 bits per heavy atom. The molecule has 2 rings (SSSR count). The highest BCUT2D eigenvalue weighted by Crippen LogP contribution is 2.20. The summed E-state index contributed by atoms with van der Waals surface area (Å²) in [5.41, 5.74) is 1.10. The summed E-state index contributed by atoms with van der Waals surface area (Å²) in [7, 11) is 0. The van der Waals surface area contributed by atoms with Gasteiger partial charge in [-0.3, -0.25) is 4.79 Å². The van der Waals surface area contributed by atoms with Crippen molar-refractivity contribution in [2.75, 3.05) is 0 Å². The SMILES string of the molecule is CC(=O)Cc1ccccc1C(=O)Oc1cccc(Br)c1. The van der Waals surface area contributed by atoms with Gasteiger partial charge in [-0.25, -0.2) is 4.79 Å². The van der Waals surface area contributed by atoms with Gasteiger partial charge in [0, 0.05) is 10.9 Å². The fourth-order valence-corrected chi connectivity index (χ4v) is 2.21. The maximum atomic E-state index is 12.2. The number of halogens is 1. The molecule has 0 aromatic heterocycles. The van der Waals surface area contributed by atoms with Crippen molar-refractivity contribution >= 4 is 27.7 Å². The minimum absolute atomic E-state index is 0.00713. The van der Waals surface area contributed by atoms with Crippen LogP contribution in [0.2, 0.25) is 0 Å². The van der Waals surface area contributed by atoms with Crippen LogP contribution in [0.15, 0.2) is 53.0 Å². The van der Waals surface area contributed by atoms with Crippen LogP contribution in [0.1, 0.15) is 22.8 Å². The van der Waals surface area contributed by atoms with Gasteiger partial charge in [-0.2, -0.15) is 0 Å². The third kappa shape index (κ3) is 3.78. The summed E-state index contributed by atoms with van der Waals surface area (Å²) in [6.07, 6.45) is 0.226. The molecule has 0 aliphatic heterocycles. The zero-order chi connectivity index (χ0) is 14.5. The van der Waals surface area contributed by atoms with Gasteiger partial charge in [0.2, 0.25) is 0 Å². The highest BCUT2D eigenvalue weighted by Gasteiger charge is 2.14. The van der Waals surface area contributed by atoms with Gasteiger partial charge in [-0.15, -0.1) is 0 Å². The monoisotopic (exact) mass is 332 g/mol. The minimum atomic E-state index is -0.458. The third-order valence-corrected chi connectivity index (χ3v) is 3.18. The van der Waals surface area contributed by atoms with Crippen LogP contribution in [0.25, 0.3) is 0 Å². The molecule has 0 heterocycles. The fraction of sp³-hybridized carbons (Fsp3) is 0.125. The number of benzene rings is 2. The smallest absolute Gasteiger partial charge is 0.343 e. The number of carbonyl (C=O) groups is 2. The van der Waals surface area contributed by atoms with Crippen molar-refractivity contribution in [3.05, 3.63) is 64.1 Å². The van der Waals surface area contributed by atoms with Crippen LogP contribution in [-0.2, 0) is 11.2 Å². The van der Waals surface area contributed by atoms with Crippen LogP contribution in [0.5, 0.6) is 5.75 Å². The molecule has 0 unspecified atom stereocenters. The van der Waals surface area contributed by atoms with Crippen molar-refractivity contribution in [2.24, 2.45) is 0 Å². The molecule has 4 heteroatoms. The summed E-state index contributed by atoms with van der Waals surface area (Å²) in [4.78, 5) is 23.4. The molecule has 0 radical (unpaired) electrons. The fourth-order valence-electron chi connectivity index (χ4n) is 1.83. The van der Waals surface area contributed by atoms with Crippen LogP contribution in [0.3, 0.4) is 0 Å². The highest BCUT2D eigenvalue weighted by atomic mass is 79.9. The molecule has 0 saturated heterocycles. The molecule has 2 aromatic rings. The maximum absolute atomic E-state index is 12.2. The lowest BCUT2D eigenvalue weighted by molar-refractivity contribution is -0.116. The molecule has 20 heavy (non-hydrogen) atoms. The quantitative estimate of drug-likeness (QED) is 0.631. The predicted octanol–water partition coefficient (Wildman–Crippen LogP) is 3.80. The van der Waals surface area contributed by atoms with E-state index >= 15 is 0 Å². The van der Waals surface area contributed by atoms with Crippen molar-refractivity contribution in [2.45, 2.75) is 13.3 Å². The molecule has 0 aliphatic carbocycles. The second-order valence-electron chi connectivity index (χ2n) is 4.38. The van der Waals surface area contributed by atoms with E-state index in [0.717, 1.165) is 4.47 Å². The summed E-state index contributed by atoms with van der Waals surface area (Å²) in [5, 5.41) is 0. The number of hydrogen-bond acceptors (Lipinski definition) is 3. The zero-order valence-electron chi connectivity index (χ0n) is 10.9. The average molecular weight is 333 g/mol. The lowest BCUT2D eigenvalue weighted by atomic mass is 10.0. The van der Waals surface area contributed by atoms with Gasteiger partial charge in [0.1, 0.15) is 11.5 Å². The zero-order valence-corrected chi connectivity index (χ0v) is 12.5. The van der Waals surface area contributed by atoms with Crippen LogP contribution < -0.4 is 4.74 Å². The summed E-state index contributed by atoms with van der Waals surface area (Å²) in [5.74, 6) is 0.00894. The van der Waals surface area contributed by atoms with Gasteiger partial charge in [0.15, 0.2) is 0 Å². The van der Waals surface area contributed by atoms with Crippen molar-refractivity contribution in [3.63, 3.8) is 0 Å². The normalized spacial score (nSPS) is 10.1. The first-order valence-electron chi connectivity index (χ1n) is 6.11. The lowest BCUT2D eigenvalue weighted by Gasteiger charge is -2.08. The molecular formula is C16H13BrO3. The van der Waals surface area contributed by atoms with Gasteiger partial charge >= 0.3 is 5.97 Å². The van der Waals surface area contributed by atoms with Crippen molar-refractivity contribution < 1.29 is 14.3 Å².